The van der Waals surface area contributed by atoms with Gasteiger partial charge in [0.15, 0.2) is 0 Å². The highest BCUT2D eigenvalue weighted by Gasteiger charge is 2.14. The van der Waals surface area contributed by atoms with Gasteiger partial charge in [0.05, 0.1) is 17.4 Å². The van der Waals surface area contributed by atoms with Crippen LogP contribution in [0.3, 0.4) is 0 Å². The number of rotatable bonds is 4. The zero-order chi connectivity index (χ0) is 22.2. The first-order chi connectivity index (χ1) is 15.5. The molecule has 32 heavy (non-hydrogen) atoms. The average Bonchev–Trinajstić information content (AvgIpc) is 3.28. The fourth-order valence-corrected chi connectivity index (χ4v) is 3.67. The van der Waals surface area contributed by atoms with Gasteiger partial charge in [0.1, 0.15) is 0 Å². The van der Waals surface area contributed by atoms with Crippen LogP contribution in [0.4, 0.5) is 0 Å². The molecule has 0 atom stereocenters. The van der Waals surface area contributed by atoms with E-state index in [1.807, 2.05) is 31.2 Å². The molecule has 2 aromatic heterocycles. The molecule has 0 saturated carbocycles. The summed E-state index contributed by atoms with van der Waals surface area (Å²) in [4.78, 5) is 32.8. The summed E-state index contributed by atoms with van der Waals surface area (Å²) in [5, 5.41) is 5.03. The molecule has 1 N–H and O–H groups in total. The quantitative estimate of drug-likeness (QED) is 0.443. The van der Waals surface area contributed by atoms with Crippen LogP contribution in [0.2, 0.25) is 5.02 Å². The van der Waals surface area contributed by atoms with E-state index in [1.54, 1.807) is 42.5 Å². The molecule has 8 heteroatoms. The molecule has 0 saturated heterocycles. The summed E-state index contributed by atoms with van der Waals surface area (Å²) in [6.07, 6.45) is 0. The third-order valence-corrected chi connectivity index (χ3v) is 5.44. The molecule has 3 aromatic carbocycles. The number of aromatic nitrogens is 4. The summed E-state index contributed by atoms with van der Waals surface area (Å²) in [5.74, 6) is 0.769. The third kappa shape index (κ3) is 3.74. The topological polar surface area (TPSA) is 93.8 Å². The number of aromatic amines is 1. The normalized spacial score (nSPS) is 11.2. The van der Waals surface area contributed by atoms with Gasteiger partial charge in [-0.15, -0.1) is 0 Å². The van der Waals surface area contributed by atoms with Crippen molar-refractivity contribution in [2.45, 2.75) is 13.5 Å². The van der Waals surface area contributed by atoms with Crippen molar-refractivity contribution >= 4 is 22.5 Å². The van der Waals surface area contributed by atoms with Gasteiger partial charge in [0.25, 0.3) is 11.4 Å². The number of H-pyrrole nitrogens is 1. The summed E-state index contributed by atoms with van der Waals surface area (Å²) in [7, 11) is 0. The van der Waals surface area contributed by atoms with Crippen molar-refractivity contribution in [1.82, 2.24) is 19.7 Å². The fourth-order valence-electron chi connectivity index (χ4n) is 3.55. The molecule has 0 unspecified atom stereocenters. The summed E-state index contributed by atoms with van der Waals surface area (Å²) >= 11 is 5.91. The Bertz CT molecular complexity index is 1570. The van der Waals surface area contributed by atoms with E-state index in [0.29, 0.717) is 33.2 Å². The molecule has 0 radical (unpaired) electrons. The first kappa shape index (κ1) is 20.0. The maximum absolute atomic E-state index is 13.0. The van der Waals surface area contributed by atoms with Crippen molar-refractivity contribution in [3.8, 4) is 22.8 Å². The van der Waals surface area contributed by atoms with Crippen LogP contribution in [-0.2, 0) is 6.54 Å². The molecular weight excluding hydrogens is 428 g/mol. The Kier molecular flexibility index (Phi) is 4.95. The summed E-state index contributed by atoms with van der Waals surface area (Å²) < 4.78 is 6.58. The van der Waals surface area contributed by atoms with Crippen molar-refractivity contribution in [2.24, 2.45) is 0 Å². The van der Waals surface area contributed by atoms with Crippen molar-refractivity contribution in [1.29, 1.82) is 0 Å². The van der Waals surface area contributed by atoms with Crippen molar-refractivity contribution in [3.63, 3.8) is 0 Å². The minimum atomic E-state index is -0.499. The van der Waals surface area contributed by atoms with Gasteiger partial charge in [-0.2, -0.15) is 4.98 Å². The lowest BCUT2D eigenvalue weighted by atomic mass is 10.1. The molecule has 0 aliphatic rings. The first-order valence-electron chi connectivity index (χ1n) is 9.90. The Labute approximate surface area is 186 Å². The van der Waals surface area contributed by atoms with Crippen molar-refractivity contribution in [2.75, 3.05) is 0 Å². The molecule has 0 bridgehead atoms. The van der Waals surface area contributed by atoms with Crippen molar-refractivity contribution in [3.05, 3.63) is 104 Å². The van der Waals surface area contributed by atoms with E-state index in [1.165, 1.54) is 0 Å². The highest BCUT2D eigenvalue weighted by Crippen LogP contribution is 2.24. The van der Waals surface area contributed by atoms with Crippen LogP contribution < -0.4 is 11.2 Å². The van der Waals surface area contributed by atoms with E-state index in [-0.39, 0.29) is 12.1 Å². The highest BCUT2D eigenvalue weighted by atomic mass is 35.5. The van der Waals surface area contributed by atoms with Gasteiger partial charge in [-0.25, -0.2) is 4.79 Å². The van der Waals surface area contributed by atoms with Crippen LogP contribution in [0.25, 0.3) is 33.7 Å². The van der Waals surface area contributed by atoms with E-state index in [4.69, 9.17) is 16.1 Å². The van der Waals surface area contributed by atoms with E-state index in [0.717, 1.165) is 21.3 Å². The lowest BCUT2D eigenvalue weighted by Gasteiger charge is -2.07. The van der Waals surface area contributed by atoms with E-state index in [2.05, 4.69) is 15.1 Å². The van der Waals surface area contributed by atoms with Gasteiger partial charge < -0.3 is 9.51 Å². The second kappa shape index (κ2) is 7.94. The van der Waals surface area contributed by atoms with Gasteiger partial charge in [0, 0.05) is 16.1 Å². The molecule has 0 fully saturated rings. The number of aryl methyl sites for hydroxylation is 1. The smallest absolute Gasteiger partial charge is 0.329 e. The number of fused-ring (bicyclic) bond motifs is 1. The maximum Gasteiger partial charge on any atom is 0.329 e. The van der Waals surface area contributed by atoms with Crippen LogP contribution in [0.15, 0.2) is 80.8 Å². The standard InChI is InChI=1S/C24H17ClN4O3/c1-14-3-2-4-16(11-14)21-27-22(32-28-21)17-7-10-19-20(12-17)26-24(31)29(23(19)30)13-15-5-8-18(25)9-6-15/h2-12H,13H2,1H3,(H,26,31). The molecule has 0 spiro atoms. The van der Waals surface area contributed by atoms with Gasteiger partial charge in [-0.05, 0) is 48.9 Å². The second-order valence-electron chi connectivity index (χ2n) is 7.50. The molecule has 0 aliphatic carbocycles. The highest BCUT2D eigenvalue weighted by molar-refractivity contribution is 6.30. The fraction of sp³-hybridized carbons (Fsp3) is 0.0833. The lowest BCUT2D eigenvalue weighted by Crippen LogP contribution is -2.35. The predicted molar refractivity (Wildman–Crippen MR) is 123 cm³/mol. The third-order valence-electron chi connectivity index (χ3n) is 5.19. The zero-order valence-electron chi connectivity index (χ0n) is 17.0. The summed E-state index contributed by atoms with van der Waals surface area (Å²) in [6.45, 7) is 2.14. The number of nitrogens with zero attached hydrogens (tertiary/aromatic N) is 3. The number of nitrogens with one attached hydrogen (secondary N) is 1. The molecular formula is C24H17ClN4O3. The molecule has 5 aromatic rings. The van der Waals surface area contributed by atoms with Crippen LogP contribution in [0.1, 0.15) is 11.1 Å². The van der Waals surface area contributed by atoms with Crippen LogP contribution in [-0.4, -0.2) is 19.7 Å². The second-order valence-corrected chi connectivity index (χ2v) is 7.94. The van der Waals surface area contributed by atoms with Crippen molar-refractivity contribution < 1.29 is 4.52 Å². The predicted octanol–water partition coefficient (Wildman–Crippen LogP) is 4.42. The molecule has 7 nitrogen and oxygen atoms in total. The molecule has 158 valence electrons. The first-order valence-corrected chi connectivity index (χ1v) is 10.3. The monoisotopic (exact) mass is 444 g/mol. The Morgan fingerprint density at radius 1 is 1.00 bits per heavy atom. The summed E-state index contributed by atoms with van der Waals surface area (Å²) in [6, 6.07) is 19.8. The number of benzene rings is 3. The Morgan fingerprint density at radius 3 is 2.59 bits per heavy atom. The molecule has 5 rings (SSSR count). The van der Waals surface area contributed by atoms with Gasteiger partial charge in [0.2, 0.25) is 5.82 Å². The summed E-state index contributed by atoms with van der Waals surface area (Å²) in [5.41, 5.74) is 2.87. The Morgan fingerprint density at radius 2 is 1.81 bits per heavy atom. The Balaban J connectivity index is 1.52. The number of hydrogen-bond acceptors (Lipinski definition) is 5. The van der Waals surface area contributed by atoms with Gasteiger partial charge in [-0.3, -0.25) is 9.36 Å². The number of halogens is 1. The minimum absolute atomic E-state index is 0.145. The number of hydrogen-bond donors (Lipinski definition) is 1. The maximum atomic E-state index is 13.0. The van der Waals surface area contributed by atoms with Crippen LogP contribution in [0.5, 0.6) is 0 Å². The zero-order valence-corrected chi connectivity index (χ0v) is 17.8. The van der Waals surface area contributed by atoms with E-state index >= 15 is 0 Å². The van der Waals surface area contributed by atoms with Crippen LogP contribution >= 0.6 is 11.6 Å². The minimum Gasteiger partial charge on any atom is -0.334 e. The molecule has 2 heterocycles. The average molecular weight is 445 g/mol. The lowest BCUT2D eigenvalue weighted by molar-refractivity contribution is 0.432. The van der Waals surface area contributed by atoms with E-state index in [9.17, 15) is 9.59 Å². The SMILES string of the molecule is Cc1cccc(-c2noc(-c3ccc4c(=O)n(Cc5ccc(Cl)cc5)c(=O)[nH]c4c3)n2)c1. The van der Waals surface area contributed by atoms with Gasteiger partial charge in [-0.1, -0.05) is 52.7 Å². The van der Waals surface area contributed by atoms with Crippen LogP contribution in [0, 0.1) is 6.92 Å². The largest absolute Gasteiger partial charge is 0.334 e. The van der Waals surface area contributed by atoms with E-state index < -0.39 is 5.69 Å². The molecule has 0 amide bonds. The molecule has 0 aliphatic heterocycles. The Hall–Kier alpha value is -3.97. The van der Waals surface area contributed by atoms with Gasteiger partial charge >= 0.3 is 5.69 Å².